The van der Waals surface area contributed by atoms with E-state index in [2.05, 4.69) is 32.4 Å². The number of rotatable bonds is 5. The van der Waals surface area contributed by atoms with Crippen molar-refractivity contribution in [2.24, 2.45) is 0 Å². The molecular weight excluding hydrogens is 502 g/mol. The van der Waals surface area contributed by atoms with Crippen molar-refractivity contribution in [1.82, 2.24) is 30.7 Å². The molecule has 0 aliphatic carbocycles. The molecule has 0 saturated carbocycles. The molecule has 5 heterocycles. The van der Waals surface area contributed by atoms with Gasteiger partial charge in [0.15, 0.2) is 5.82 Å². The Labute approximate surface area is 223 Å². The lowest BCUT2D eigenvalue weighted by atomic mass is 9.99. The van der Waals surface area contributed by atoms with Crippen molar-refractivity contribution < 1.29 is 14.4 Å². The number of anilines is 2. The van der Waals surface area contributed by atoms with E-state index in [4.69, 9.17) is 0 Å². The molecule has 38 heavy (non-hydrogen) atoms. The highest BCUT2D eigenvalue weighted by atomic mass is 32.2. The monoisotopic (exact) mass is 527 g/mol. The Morgan fingerprint density at radius 2 is 2.03 bits per heavy atom. The predicted molar refractivity (Wildman–Crippen MR) is 143 cm³/mol. The van der Waals surface area contributed by atoms with Crippen molar-refractivity contribution in [2.45, 2.75) is 35.2 Å². The summed E-state index contributed by atoms with van der Waals surface area (Å²) in [6.07, 6.45) is 6.17. The molecule has 192 valence electrons. The lowest BCUT2D eigenvalue weighted by Gasteiger charge is -2.35. The fourth-order valence-corrected chi connectivity index (χ4v) is 6.45. The fraction of sp³-hybridized carbons (Fsp3) is 0.259. The van der Waals surface area contributed by atoms with Crippen LogP contribution in [0.4, 0.5) is 16.3 Å². The number of nitrogens with zero attached hydrogens (tertiary/aromatic N) is 5. The number of pyridine rings is 1. The minimum Gasteiger partial charge on any atom is -0.351 e. The topological polar surface area (TPSA) is 120 Å². The Hall–Kier alpha value is -4.25. The van der Waals surface area contributed by atoms with Gasteiger partial charge in [0.1, 0.15) is 10.3 Å². The van der Waals surface area contributed by atoms with Crippen molar-refractivity contribution in [3.63, 3.8) is 0 Å². The lowest BCUT2D eigenvalue weighted by molar-refractivity contribution is -0.129. The number of nitrogens with one attached hydrogen (secondary N) is 2. The van der Waals surface area contributed by atoms with Crippen molar-refractivity contribution in [1.29, 1.82) is 0 Å². The Bertz CT molecular complexity index is 1430. The summed E-state index contributed by atoms with van der Waals surface area (Å²) in [4.78, 5) is 46.6. The first kappa shape index (κ1) is 24.1. The molecule has 1 saturated heterocycles. The van der Waals surface area contributed by atoms with E-state index < -0.39 is 11.3 Å². The number of aromatic nitrogens is 3. The van der Waals surface area contributed by atoms with Crippen LogP contribution >= 0.6 is 11.8 Å². The van der Waals surface area contributed by atoms with Crippen LogP contribution in [0.3, 0.4) is 0 Å². The maximum absolute atomic E-state index is 13.4. The van der Waals surface area contributed by atoms with Gasteiger partial charge in [-0.25, -0.2) is 14.7 Å². The molecule has 6 rings (SSSR count). The second-order valence-electron chi connectivity index (χ2n) is 9.35. The second-order valence-corrected chi connectivity index (χ2v) is 10.5. The van der Waals surface area contributed by atoms with E-state index in [1.807, 2.05) is 36.4 Å². The van der Waals surface area contributed by atoms with E-state index in [0.29, 0.717) is 29.6 Å². The number of hydrogen-bond donors (Lipinski definition) is 2. The standard InChI is InChI=1S/C27H25N7O3S/c1-2-21(35)33-12-6-9-18(15-33)30-25(36)24-23-22-19(10-11-28-26(22)38-24)34(27(37)31-23)20-13-17(14-29-32-20)16-7-4-3-5-8-16/h2-5,7-8,10-11,13-14,18,23-24H,1,6,9,12,15H2,(H,30,36)(H,31,37)/t18?,23?,24-/m1/s1. The molecular formula is C27H25N7O3S. The Morgan fingerprint density at radius 3 is 2.84 bits per heavy atom. The molecule has 3 aliphatic heterocycles. The molecule has 2 N–H and O–H groups in total. The molecule has 10 nitrogen and oxygen atoms in total. The minimum atomic E-state index is -0.586. The number of benzene rings is 1. The van der Waals surface area contributed by atoms with Crippen molar-refractivity contribution in [3.8, 4) is 11.1 Å². The summed E-state index contributed by atoms with van der Waals surface area (Å²) in [5.41, 5.74) is 3.21. The van der Waals surface area contributed by atoms with Gasteiger partial charge in [0.05, 0.1) is 17.9 Å². The number of amides is 4. The third kappa shape index (κ3) is 4.28. The van der Waals surface area contributed by atoms with Crippen molar-refractivity contribution >= 4 is 41.1 Å². The van der Waals surface area contributed by atoms with Crippen LogP contribution in [0, 0.1) is 0 Å². The van der Waals surface area contributed by atoms with Crippen LogP contribution in [0.1, 0.15) is 24.4 Å². The average Bonchev–Trinajstić information content (AvgIpc) is 3.33. The summed E-state index contributed by atoms with van der Waals surface area (Å²) in [5.74, 6) is 0.0451. The predicted octanol–water partition coefficient (Wildman–Crippen LogP) is 3.21. The molecule has 3 aromatic rings. The summed E-state index contributed by atoms with van der Waals surface area (Å²) in [6.45, 7) is 4.64. The normalized spacial score (nSPS) is 21.9. The van der Waals surface area contributed by atoms with Gasteiger partial charge in [-0.05, 0) is 36.6 Å². The Morgan fingerprint density at radius 1 is 1.18 bits per heavy atom. The summed E-state index contributed by atoms with van der Waals surface area (Å²) in [7, 11) is 0. The van der Waals surface area contributed by atoms with Crippen LogP contribution in [0.15, 0.2) is 72.5 Å². The summed E-state index contributed by atoms with van der Waals surface area (Å²) < 4.78 is 0. The first-order valence-electron chi connectivity index (χ1n) is 12.4. The number of likely N-dealkylation sites (tertiary alicyclic amines) is 1. The van der Waals surface area contributed by atoms with E-state index in [1.54, 1.807) is 23.4 Å². The zero-order valence-corrected chi connectivity index (χ0v) is 21.2. The van der Waals surface area contributed by atoms with Crippen LogP contribution in [-0.4, -0.2) is 62.3 Å². The van der Waals surface area contributed by atoms with Gasteiger partial charge in [-0.15, -0.1) is 5.10 Å². The van der Waals surface area contributed by atoms with Gasteiger partial charge in [-0.3, -0.25) is 9.59 Å². The molecule has 2 unspecified atom stereocenters. The van der Waals surface area contributed by atoms with Crippen LogP contribution in [0.2, 0.25) is 0 Å². The van der Waals surface area contributed by atoms with E-state index >= 15 is 0 Å². The van der Waals surface area contributed by atoms with E-state index in [-0.39, 0.29) is 23.9 Å². The number of carbonyl (C=O) groups excluding carboxylic acids is 3. The first-order valence-corrected chi connectivity index (χ1v) is 13.3. The molecule has 1 fully saturated rings. The molecule has 0 spiro atoms. The molecule has 0 bridgehead atoms. The van der Waals surface area contributed by atoms with Crippen LogP contribution < -0.4 is 15.5 Å². The number of urea groups is 1. The highest BCUT2D eigenvalue weighted by Gasteiger charge is 2.47. The van der Waals surface area contributed by atoms with Crippen molar-refractivity contribution in [2.75, 3.05) is 18.0 Å². The van der Waals surface area contributed by atoms with Crippen LogP contribution in [-0.2, 0) is 9.59 Å². The summed E-state index contributed by atoms with van der Waals surface area (Å²) in [5, 5.41) is 14.6. The van der Waals surface area contributed by atoms with Crippen molar-refractivity contribution in [3.05, 3.63) is 73.1 Å². The van der Waals surface area contributed by atoms with Gasteiger partial charge in [-0.2, -0.15) is 5.10 Å². The van der Waals surface area contributed by atoms with Gasteiger partial charge >= 0.3 is 6.03 Å². The van der Waals surface area contributed by atoms with E-state index in [9.17, 15) is 14.4 Å². The Kier molecular flexibility index (Phi) is 6.28. The minimum absolute atomic E-state index is 0.139. The zero-order valence-electron chi connectivity index (χ0n) is 20.4. The largest absolute Gasteiger partial charge is 0.351 e. The van der Waals surface area contributed by atoms with Gasteiger partial charge in [0, 0.05) is 36.5 Å². The highest BCUT2D eigenvalue weighted by Crippen LogP contribution is 2.50. The summed E-state index contributed by atoms with van der Waals surface area (Å²) in [6, 6.07) is 12.2. The van der Waals surface area contributed by atoms with Gasteiger partial charge in [0.2, 0.25) is 11.8 Å². The van der Waals surface area contributed by atoms with Gasteiger partial charge in [0.25, 0.3) is 0 Å². The highest BCUT2D eigenvalue weighted by molar-refractivity contribution is 8.01. The SMILES string of the molecule is C=CC(=O)N1CCCC(NC(=O)[C@@H]2Sc3nccc4c3C2NC(=O)N4c2cc(-c3ccccc3)cnn2)C1. The first-order chi connectivity index (χ1) is 18.5. The molecule has 0 radical (unpaired) electrons. The molecule has 3 aliphatic rings. The smallest absolute Gasteiger partial charge is 0.328 e. The molecule has 2 aromatic heterocycles. The van der Waals surface area contributed by atoms with E-state index in [0.717, 1.165) is 29.5 Å². The van der Waals surface area contributed by atoms with Crippen LogP contribution in [0.25, 0.3) is 11.1 Å². The van der Waals surface area contributed by atoms with E-state index in [1.165, 1.54) is 22.7 Å². The maximum Gasteiger partial charge on any atom is 0.328 e. The quantitative estimate of drug-likeness (QED) is 0.489. The number of piperidine rings is 1. The van der Waals surface area contributed by atoms with Gasteiger partial charge in [-0.1, -0.05) is 48.7 Å². The lowest BCUT2D eigenvalue weighted by Crippen LogP contribution is -2.53. The molecule has 3 atom stereocenters. The zero-order chi connectivity index (χ0) is 26.2. The number of thioether (sulfide) groups is 1. The molecule has 11 heteroatoms. The summed E-state index contributed by atoms with van der Waals surface area (Å²) >= 11 is 1.33. The fourth-order valence-electron chi connectivity index (χ4n) is 5.21. The maximum atomic E-state index is 13.4. The number of carbonyl (C=O) groups is 3. The van der Waals surface area contributed by atoms with Crippen LogP contribution in [0.5, 0.6) is 0 Å². The average molecular weight is 528 g/mol. The molecule has 1 aromatic carbocycles. The molecule has 4 amide bonds. The Balaban J connectivity index is 1.26. The van der Waals surface area contributed by atoms with Gasteiger partial charge < -0.3 is 15.5 Å². The number of hydrogen-bond acceptors (Lipinski definition) is 7. The third-order valence-electron chi connectivity index (χ3n) is 7.00. The third-order valence-corrected chi connectivity index (χ3v) is 8.28. The second kappa shape index (κ2) is 9.90.